The first-order valence-electron chi connectivity index (χ1n) is 7.44. The molecular weight excluding hydrogens is 296 g/mol. The molecule has 2 atom stereocenters. The Labute approximate surface area is 134 Å². The molecule has 0 spiro atoms. The van der Waals surface area contributed by atoms with Crippen molar-refractivity contribution < 1.29 is 14.8 Å². The first-order chi connectivity index (χ1) is 11.2. The molecule has 6 heteroatoms. The molecule has 0 bridgehead atoms. The minimum Gasteiger partial charge on any atom is -0.395 e. The summed E-state index contributed by atoms with van der Waals surface area (Å²) in [4.78, 5) is 12.4. The van der Waals surface area contributed by atoms with E-state index in [4.69, 9.17) is 4.74 Å². The van der Waals surface area contributed by atoms with Crippen LogP contribution in [0, 0.1) is 10.1 Å². The fourth-order valence-electron chi connectivity index (χ4n) is 2.87. The van der Waals surface area contributed by atoms with E-state index in [1.54, 1.807) is 12.1 Å². The number of aliphatic hydroxyl groups is 1. The number of hydrogen-bond acceptors (Lipinski definition) is 5. The predicted molar refractivity (Wildman–Crippen MR) is 84.6 cm³/mol. The molecule has 1 fully saturated rings. The smallest absolute Gasteiger partial charge is 0.269 e. The largest absolute Gasteiger partial charge is 0.395 e. The van der Waals surface area contributed by atoms with Gasteiger partial charge in [-0.15, -0.1) is 0 Å². The molecule has 2 aromatic carbocycles. The summed E-state index contributed by atoms with van der Waals surface area (Å²) >= 11 is 0. The minimum absolute atomic E-state index is 0.0332. The Balaban J connectivity index is 1.75. The summed E-state index contributed by atoms with van der Waals surface area (Å²) in [7, 11) is 0. The molecule has 6 nitrogen and oxygen atoms in total. The number of non-ortho nitro benzene ring substituents is 1. The van der Waals surface area contributed by atoms with Crippen molar-refractivity contribution >= 4 is 5.69 Å². The van der Waals surface area contributed by atoms with Gasteiger partial charge in [-0.2, -0.15) is 0 Å². The van der Waals surface area contributed by atoms with E-state index in [2.05, 4.69) is 4.90 Å². The van der Waals surface area contributed by atoms with Gasteiger partial charge in [-0.25, -0.2) is 0 Å². The van der Waals surface area contributed by atoms with Gasteiger partial charge in [-0.1, -0.05) is 30.3 Å². The lowest BCUT2D eigenvalue weighted by molar-refractivity contribution is -0.384. The van der Waals surface area contributed by atoms with E-state index in [-0.39, 0.29) is 24.4 Å². The highest BCUT2D eigenvalue weighted by Gasteiger charge is 2.35. The maximum absolute atomic E-state index is 10.7. The Hall–Kier alpha value is -2.28. The molecule has 0 unspecified atom stereocenters. The Bertz CT molecular complexity index is 660. The van der Waals surface area contributed by atoms with Gasteiger partial charge in [0.2, 0.25) is 0 Å². The second-order valence-electron chi connectivity index (χ2n) is 5.55. The molecule has 1 aliphatic rings. The van der Waals surface area contributed by atoms with Crippen molar-refractivity contribution in [1.29, 1.82) is 0 Å². The number of aliphatic hydroxyl groups excluding tert-OH is 1. The summed E-state index contributed by atoms with van der Waals surface area (Å²) in [5, 5.41) is 20.5. The summed E-state index contributed by atoms with van der Waals surface area (Å²) < 4.78 is 5.82. The first kappa shape index (κ1) is 15.6. The zero-order chi connectivity index (χ0) is 16.2. The van der Waals surface area contributed by atoms with Gasteiger partial charge in [-0.05, 0) is 23.3 Å². The van der Waals surface area contributed by atoms with Gasteiger partial charge in [0.1, 0.15) is 12.8 Å². The van der Waals surface area contributed by atoms with Gasteiger partial charge in [0.15, 0.2) is 0 Å². The lowest BCUT2D eigenvalue weighted by Gasteiger charge is -2.24. The van der Waals surface area contributed by atoms with Crippen LogP contribution in [0.25, 0.3) is 0 Å². The monoisotopic (exact) mass is 314 g/mol. The zero-order valence-corrected chi connectivity index (χ0v) is 12.5. The average molecular weight is 314 g/mol. The quantitative estimate of drug-likeness (QED) is 0.678. The van der Waals surface area contributed by atoms with Crippen LogP contribution in [0.2, 0.25) is 0 Å². The molecule has 3 rings (SSSR count). The zero-order valence-electron chi connectivity index (χ0n) is 12.5. The number of rotatable bonds is 5. The number of nitrogens with zero attached hydrogens (tertiary/aromatic N) is 2. The van der Waals surface area contributed by atoms with Gasteiger partial charge >= 0.3 is 0 Å². The topological polar surface area (TPSA) is 75.8 Å². The molecule has 0 amide bonds. The Morgan fingerprint density at radius 3 is 2.48 bits per heavy atom. The molecule has 1 aliphatic heterocycles. The SMILES string of the molecule is O=[N+]([O-])c1ccc([C@@H]2OCN(Cc3ccccc3)[C@H]2CO)cc1. The van der Waals surface area contributed by atoms with E-state index in [9.17, 15) is 15.2 Å². The Kier molecular flexibility index (Phi) is 4.66. The van der Waals surface area contributed by atoms with E-state index in [0.29, 0.717) is 13.3 Å². The van der Waals surface area contributed by atoms with Gasteiger partial charge in [0, 0.05) is 18.7 Å². The van der Waals surface area contributed by atoms with Crippen molar-refractivity contribution in [1.82, 2.24) is 4.90 Å². The predicted octanol–water partition coefficient (Wildman–Crippen LogP) is 2.49. The van der Waals surface area contributed by atoms with Crippen LogP contribution in [-0.2, 0) is 11.3 Å². The highest BCUT2D eigenvalue weighted by atomic mass is 16.6. The summed E-state index contributed by atoms with van der Waals surface area (Å²) in [6.45, 7) is 1.08. The Morgan fingerprint density at radius 2 is 1.87 bits per heavy atom. The highest BCUT2D eigenvalue weighted by molar-refractivity contribution is 5.34. The molecule has 1 N–H and O–H groups in total. The molecule has 1 saturated heterocycles. The van der Waals surface area contributed by atoms with E-state index in [1.807, 2.05) is 30.3 Å². The van der Waals surface area contributed by atoms with Gasteiger partial charge in [0.05, 0.1) is 17.6 Å². The van der Waals surface area contributed by atoms with Crippen LogP contribution in [0.3, 0.4) is 0 Å². The molecular formula is C17H18N2O4. The fraction of sp³-hybridized carbons (Fsp3) is 0.294. The van der Waals surface area contributed by atoms with Crippen LogP contribution in [-0.4, -0.2) is 34.3 Å². The third kappa shape index (κ3) is 3.39. The van der Waals surface area contributed by atoms with Gasteiger partial charge < -0.3 is 9.84 Å². The van der Waals surface area contributed by atoms with Crippen LogP contribution in [0.4, 0.5) is 5.69 Å². The number of nitro groups is 1. The van der Waals surface area contributed by atoms with Crippen LogP contribution >= 0.6 is 0 Å². The molecule has 0 saturated carbocycles. The average Bonchev–Trinajstić information content (AvgIpc) is 2.98. The molecule has 23 heavy (non-hydrogen) atoms. The lowest BCUT2D eigenvalue weighted by Crippen LogP contribution is -2.34. The van der Waals surface area contributed by atoms with Crippen molar-refractivity contribution in [3.05, 3.63) is 75.8 Å². The first-order valence-corrected chi connectivity index (χ1v) is 7.44. The van der Waals surface area contributed by atoms with Crippen molar-refractivity contribution in [3.63, 3.8) is 0 Å². The number of benzene rings is 2. The molecule has 2 aromatic rings. The minimum atomic E-state index is -0.426. The normalized spacial score (nSPS) is 21.4. The van der Waals surface area contributed by atoms with Crippen molar-refractivity contribution in [2.75, 3.05) is 13.3 Å². The lowest BCUT2D eigenvalue weighted by atomic mass is 10.0. The Morgan fingerprint density at radius 1 is 1.17 bits per heavy atom. The van der Waals surface area contributed by atoms with Crippen LogP contribution < -0.4 is 0 Å². The van der Waals surface area contributed by atoms with Gasteiger partial charge in [0.25, 0.3) is 5.69 Å². The van der Waals surface area contributed by atoms with Gasteiger partial charge in [-0.3, -0.25) is 15.0 Å². The van der Waals surface area contributed by atoms with E-state index < -0.39 is 4.92 Å². The number of nitro benzene ring substituents is 1. The standard InChI is InChI=1S/C17H18N2O4/c20-11-16-17(14-6-8-15(9-7-14)19(21)22)23-12-18(16)10-13-4-2-1-3-5-13/h1-9,16-17,20H,10-12H2/t16-,17-/m0/s1. The highest BCUT2D eigenvalue weighted by Crippen LogP contribution is 2.32. The molecule has 1 heterocycles. The molecule has 0 aliphatic carbocycles. The van der Waals surface area contributed by atoms with Crippen LogP contribution in [0.1, 0.15) is 17.2 Å². The van der Waals surface area contributed by atoms with E-state index in [0.717, 1.165) is 11.1 Å². The second-order valence-corrected chi connectivity index (χ2v) is 5.55. The maximum atomic E-state index is 10.7. The molecule has 0 radical (unpaired) electrons. The third-order valence-electron chi connectivity index (χ3n) is 4.09. The second kappa shape index (κ2) is 6.87. The fourth-order valence-corrected chi connectivity index (χ4v) is 2.87. The molecule has 0 aromatic heterocycles. The van der Waals surface area contributed by atoms with Crippen LogP contribution in [0.5, 0.6) is 0 Å². The summed E-state index contributed by atoms with van der Waals surface area (Å²) in [6.07, 6.45) is -0.287. The van der Waals surface area contributed by atoms with Crippen molar-refractivity contribution in [2.45, 2.75) is 18.7 Å². The van der Waals surface area contributed by atoms with Crippen LogP contribution in [0.15, 0.2) is 54.6 Å². The third-order valence-corrected chi connectivity index (χ3v) is 4.09. The summed E-state index contributed by atoms with van der Waals surface area (Å²) in [5.74, 6) is 0. The maximum Gasteiger partial charge on any atom is 0.269 e. The van der Waals surface area contributed by atoms with E-state index in [1.165, 1.54) is 12.1 Å². The number of ether oxygens (including phenoxy) is 1. The van der Waals surface area contributed by atoms with E-state index >= 15 is 0 Å². The molecule has 120 valence electrons. The van der Waals surface area contributed by atoms with Crippen molar-refractivity contribution in [3.8, 4) is 0 Å². The summed E-state index contributed by atoms with van der Waals surface area (Å²) in [5.41, 5.74) is 2.04. The number of hydrogen-bond donors (Lipinski definition) is 1. The van der Waals surface area contributed by atoms with Crippen molar-refractivity contribution in [2.24, 2.45) is 0 Å². The summed E-state index contributed by atoms with van der Waals surface area (Å²) in [6, 6.07) is 16.1.